The molecule has 1 aliphatic heterocycles. The average molecular weight is 386 g/mol. The molecule has 1 aromatic heterocycles. The lowest BCUT2D eigenvalue weighted by atomic mass is 10.0. The van der Waals surface area contributed by atoms with Crippen LogP contribution in [-0.2, 0) is 13.0 Å². The van der Waals surface area contributed by atoms with Gasteiger partial charge in [-0.1, -0.05) is 28.9 Å². The highest BCUT2D eigenvalue weighted by Crippen LogP contribution is 2.35. The summed E-state index contributed by atoms with van der Waals surface area (Å²) in [6, 6.07) is 13.6. The van der Waals surface area contributed by atoms with E-state index < -0.39 is 0 Å². The molecule has 0 N–H and O–H groups in total. The third kappa shape index (κ3) is 2.59. The maximum absolute atomic E-state index is 11.9. The number of halogens is 1. The summed E-state index contributed by atoms with van der Waals surface area (Å²) in [7, 11) is 0. The van der Waals surface area contributed by atoms with Gasteiger partial charge in [0.15, 0.2) is 6.73 Å². The highest BCUT2D eigenvalue weighted by atomic mass is 79.9. The second kappa shape index (κ2) is 5.98. The first-order chi connectivity index (χ1) is 11.7. The zero-order valence-electron chi connectivity index (χ0n) is 13.2. The average Bonchev–Trinajstić information content (AvgIpc) is 2.60. The second-order valence-corrected chi connectivity index (χ2v) is 6.73. The first kappa shape index (κ1) is 15.3. The summed E-state index contributed by atoms with van der Waals surface area (Å²) >= 11 is 3.50. The van der Waals surface area contributed by atoms with Gasteiger partial charge in [-0.25, -0.2) is 4.79 Å². The number of ether oxygens (including phenoxy) is 1. The van der Waals surface area contributed by atoms with E-state index in [9.17, 15) is 4.79 Å². The Kier molecular flexibility index (Phi) is 3.81. The molecule has 4 rings (SSSR count). The molecule has 0 atom stereocenters. The highest BCUT2D eigenvalue weighted by molar-refractivity contribution is 9.10. The van der Waals surface area contributed by atoms with Crippen molar-refractivity contribution >= 4 is 32.6 Å². The summed E-state index contributed by atoms with van der Waals surface area (Å²) < 4.78 is 12.5. The molecule has 0 saturated carbocycles. The van der Waals surface area contributed by atoms with Gasteiger partial charge in [0.2, 0.25) is 0 Å². The van der Waals surface area contributed by atoms with Gasteiger partial charge in [0.05, 0.1) is 12.1 Å². The van der Waals surface area contributed by atoms with Crippen LogP contribution in [0.25, 0.3) is 11.0 Å². The van der Waals surface area contributed by atoms with Crippen molar-refractivity contribution in [3.63, 3.8) is 0 Å². The van der Waals surface area contributed by atoms with Crippen molar-refractivity contribution in [2.24, 2.45) is 0 Å². The van der Waals surface area contributed by atoms with E-state index >= 15 is 0 Å². The Morgan fingerprint density at radius 3 is 2.88 bits per heavy atom. The van der Waals surface area contributed by atoms with Gasteiger partial charge >= 0.3 is 5.63 Å². The molecule has 5 heteroatoms. The number of rotatable bonds is 2. The number of fused-ring (bicyclic) bond motifs is 3. The van der Waals surface area contributed by atoms with E-state index in [0.717, 1.165) is 38.8 Å². The molecule has 4 nitrogen and oxygen atoms in total. The predicted molar refractivity (Wildman–Crippen MR) is 97.7 cm³/mol. The Hall–Kier alpha value is -2.27. The number of anilines is 1. The summed E-state index contributed by atoms with van der Waals surface area (Å²) in [5.41, 5.74) is 3.31. The zero-order valence-corrected chi connectivity index (χ0v) is 14.8. The van der Waals surface area contributed by atoms with Crippen molar-refractivity contribution in [3.8, 4) is 5.75 Å². The Labute approximate surface area is 147 Å². The molecule has 2 aromatic carbocycles. The molecule has 0 fully saturated rings. The van der Waals surface area contributed by atoms with Crippen LogP contribution in [0, 0.1) is 0 Å². The minimum atomic E-state index is -0.313. The fourth-order valence-corrected chi connectivity index (χ4v) is 3.52. The fraction of sp³-hybridized carbons (Fsp3) is 0.211. The molecule has 3 aromatic rings. The summed E-state index contributed by atoms with van der Waals surface area (Å²) in [5.74, 6) is 0.783. The molecule has 122 valence electrons. The van der Waals surface area contributed by atoms with Gasteiger partial charge in [0, 0.05) is 21.6 Å². The monoisotopic (exact) mass is 385 g/mol. The van der Waals surface area contributed by atoms with Crippen molar-refractivity contribution < 1.29 is 9.15 Å². The Morgan fingerprint density at radius 2 is 2.08 bits per heavy atom. The van der Waals surface area contributed by atoms with Crippen LogP contribution in [0.3, 0.4) is 0 Å². The first-order valence-electron chi connectivity index (χ1n) is 7.87. The zero-order chi connectivity index (χ0) is 16.7. The van der Waals surface area contributed by atoms with E-state index in [2.05, 4.69) is 20.8 Å². The summed E-state index contributed by atoms with van der Waals surface area (Å²) in [6.07, 6.45) is 0.789. The van der Waals surface area contributed by atoms with Gasteiger partial charge in [-0.3, -0.25) is 0 Å². The largest absolute Gasteiger partial charge is 0.473 e. The van der Waals surface area contributed by atoms with Crippen LogP contribution >= 0.6 is 15.9 Å². The van der Waals surface area contributed by atoms with Crippen LogP contribution in [0.4, 0.5) is 5.69 Å². The number of hydrogen-bond donors (Lipinski definition) is 0. The standard InChI is InChI=1S/C19H16BrNO3/c1-2-12-8-18(22)24-19-15(12)6-7-17-16(19)10-21(11-23-17)14-5-3-4-13(20)9-14/h3-9H,2,10-11H2,1H3. The number of aryl methyl sites for hydroxylation is 1. The Morgan fingerprint density at radius 1 is 1.21 bits per heavy atom. The minimum absolute atomic E-state index is 0.313. The van der Waals surface area contributed by atoms with E-state index in [1.807, 2.05) is 43.3 Å². The lowest BCUT2D eigenvalue weighted by molar-refractivity contribution is 0.289. The molecule has 0 saturated heterocycles. The predicted octanol–water partition coefficient (Wildman–Crippen LogP) is 4.47. The first-order valence-corrected chi connectivity index (χ1v) is 8.67. The third-order valence-corrected chi connectivity index (χ3v) is 4.83. The maximum Gasteiger partial charge on any atom is 0.336 e. The maximum atomic E-state index is 11.9. The van der Waals surface area contributed by atoms with Crippen LogP contribution in [0.1, 0.15) is 18.1 Å². The molecule has 0 amide bonds. The van der Waals surface area contributed by atoms with E-state index in [1.54, 1.807) is 6.07 Å². The SMILES string of the molecule is CCc1cc(=O)oc2c3c(ccc12)OCN(c1cccc(Br)c1)C3. The third-order valence-electron chi connectivity index (χ3n) is 4.34. The molecule has 0 bridgehead atoms. The molecule has 1 aliphatic rings. The topological polar surface area (TPSA) is 42.7 Å². The molecular weight excluding hydrogens is 370 g/mol. The molecule has 0 spiro atoms. The summed E-state index contributed by atoms with van der Waals surface area (Å²) in [6.45, 7) is 3.14. The lowest BCUT2D eigenvalue weighted by Gasteiger charge is -2.31. The normalized spacial score (nSPS) is 13.7. The van der Waals surface area contributed by atoms with Crippen molar-refractivity contribution in [1.29, 1.82) is 0 Å². The number of nitrogens with zero attached hydrogens (tertiary/aromatic N) is 1. The van der Waals surface area contributed by atoms with Crippen molar-refractivity contribution in [1.82, 2.24) is 0 Å². The van der Waals surface area contributed by atoms with Crippen LogP contribution in [0.2, 0.25) is 0 Å². The quantitative estimate of drug-likeness (QED) is 0.610. The summed E-state index contributed by atoms with van der Waals surface area (Å²) in [5, 5.41) is 0.982. The van der Waals surface area contributed by atoms with E-state index in [-0.39, 0.29) is 5.63 Å². The molecular formula is C19H16BrNO3. The van der Waals surface area contributed by atoms with Gasteiger partial charge in [-0.2, -0.15) is 0 Å². The van der Waals surface area contributed by atoms with Crippen LogP contribution in [-0.4, -0.2) is 6.73 Å². The molecule has 0 aliphatic carbocycles. The van der Waals surface area contributed by atoms with Gasteiger partial charge in [-0.05, 0) is 42.3 Å². The lowest BCUT2D eigenvalue weighted by Crippen LogP contribution is -2.32. The smallest absolute Gasteiger partial charge is 0.336 e. The highest BCUT2D eigenvalue weighted by Gasteiger charge is 2.22. The van der Waals surface area contributed by atoms with Crippen LogP contribution in [0.15, 0.2) is 56.1 Å². The minimum Gasteiger partial charge on any atom is -0.473 e. The van der Waals surface area contributed by atoms with E-state index in [1.165, 1.54) is 0 Å². The number of hydrogen-bond acceptors (Lipinski definition) is 4. The van der Waals surface area contributed by atoms with Crippen LogP contribution in [0.5, 0.6) is 5.75 Å². The van der Waals surface area contributed by atoms with Gasteiger partial charge in [-0.15, -0.1) is 0 Å². The molecule has 2 heterocycles. The number of benzene rings is 2. The fourth-order valence-electron chi connectivity index (χ4n) is 3.13. The van der Waals surface area contributed by atoms with E-state index in [0.29, 0.717) is 18.9 Å². The summed E-state index contributed by atoms with van der Waals surface area (Å²) in [4.78, 5) is 14.0. The second-order valence-electron chi connectivity index (χ2n) is 5.81. The molecule has 0 radical (unpaired) electrons. The molecule has 0 unspecified atom stereocenters. The molecule has 24 heavy (non-hydrogen) atoms. The van der Waals surface area contributed by atoms with Gasteiger partial charge in [0.25, 0.3) is 0 Å². The van der Waals surface area contributed by atoms with Gasteiger partial charge < -0.3 is 14.1 Å². The van der Waals surface area contributed by atoms with E-state index in [4.69, 9.17) is 9.15 Å². The van der Waals surface area contributed by atoms with Crippen LogP contribution < -0.4 is 15.3 Å². The van der Waals surface area contributed by atoms with Crippen molar-refractivity contribution in [3.05, 3.63) is 68.5 Å². The van der Waals surface area contributed by atoms with Gasteiger partial charge in [0.1, 0.15) is 11.3 Å². The Bertz CT molecular complexity index is 980. The van der Waals surface area contributed by atoms with Crippen molar-refractivity contribution in [2.75, 3.05) is 11.6 Å². The van der Waals surface area contributed by atoms with Crippen molar-refractivity contribution in [2.45, 2.75) is 19.9 Å². The Balaban J connectivity index is 1.84.